The summed E-state index contributed by atoms with van der Waals surface area (Å²) < 4.78 is 17.3. The van der Waals surface area contributed by atoms with Gasteiger partial charge in [-0.3, -0.25) is 34.4 Å². The summed E-state index contributed by atoms with van der Waals surface area (Å²) in [5.41, 5.74) is -0.0686. The molecule has 0 bridgehead atoms. The lowest BCUT2D eigenvalue weighted by Gasteiger charge is -2.28. The fraction of sp³-hybridized carbons (Fsp3) is 0.257. The SMILES string of the molecule is CC(C)(CCC(=O)Nc1ccc(C(F)(C(=O)Nc2cccc3cccnc23)C(=O)NC2CC=Cc3cccnc32)cc1)CC(=O)NO. The molecule has 0 spiro atoms. The van der Waals surface area contributed by atoms with E-state index < -0.39 is 34.8 Å². The molecule has 2 atom stereocenters. The highest BCUT2D eigenvalue weighted by Gasteiger charge is 2.49. The van der Waals surface area contributed by atoms with Gasteiger partial charge in [0, 0.05) is 41.9 Å². The second-order valence-corrected chi connectivity index (χ2v) is 12.1. The van der Waals surface area contributed by atoms with Crippen molar-refractivity contribution in [3.05, 3.63) is 102 Å². The number of aromatic nitrogens is 2. The van der Waals surface area contributed by atoms with Gasteiger partial charge in [0.2, 0.25) is 11.8 Å². The number of rotatable bonds is 11. The third-order valence-corrected chi connectivity index (χ3v) is 8.04. The molecular weight excluding hydrogens is 603 g/mol. The van der Waals surface area contributed by atoms with Gasteiger partial charge >= 0.3 is 0 Å². The summed E-state index contributed by atoms with van der Waals surface area (Å²) in [6, 6.07) is 16.9. The van der Waals surface area contributed by atoms with Gasteiger partial charge in [0.05, 0.1) is 22.9 Å². The molecular formula is C35H35FN6O5. The standard InChI is InChI=1S/C35H35FN6O5/c1-34(2,21-29(44)42-47)18-17-28(43)39-25-15-13-24(14-16-25)35(36,32(45)40-26-11-3-7-22-9-5-19-37-30(22)26)33(46)41-27-12-4-8-23-10-6-20-38-31(23)27/h3-11,13-16,19-20,27,47H,12,17-18,21H2,1-2H3,(H,39,43)(H,40,45)(H,41,46)(H,42,44). The quantitative estimate of drug-likeness (QED) is 0.0841. The van der Waals surface area contributed by atoms with Gasteiger partial charge in [0.15, 0.2) is 0 Å². The average Bonchev–Trinajstić information content (AvgIpc) is 3.07. The predicted octanol–water partition coefficient (Wildman–Crippen LogP) is 5.35. The van der Waals surface area contributed by atoms with E-state index in [-0.39, 0.29) is 30.0 Å². The van der Waals surface area contributed by atoms with Gasteiger partial charge in [-0.15, -0.1) is 0 Å². The highest BCUT2D eigenvalue weighted by molar-refractivity contribution is 6.15. The molecule has 0 radical (unpaired) electrons. The largest absolute Gasteiger partial charge is 0.344 e. The average molecular weight is 639 g/mol. The number of hydroxylamine groups is 1. The van der Waals surface area contributed by atoms with Crippen LogP contribution >= 0.6 is 0 Å². The Labute approximate surface area is 270 Å². The summed E-state index contributed by atoms with van der Waals surface area (Å²) in [5, 5.41) is 17.5. The van der Waals surface area contributed by atoms with Crippen LogP contribution in [0.1, 0.15) is 62.4 Å². The van der Waals surface area contributed by atoms with E-state index in [0.717, 1.165) is 10.9 Å². The maximum atomic E-state index is 17.3. The highest BCUT2D eigenvalue weighted by atomic mass is 19.1. The molecule has 5 N–H and O–H groups in total. The summed E-state index contributed by atoms with van der Waals surface area (Å²) in [4.78, 5) is 60.6. The molecule has 2 aromatic heterocycles. The number of amides is 4. The van der Waals surface area contributed by atoms with E-state index >= 15 is 4.39 Å². The van der Waals surface area contributed by atoms with Crippen LogP contribution < -0.4 is 21.4 Å². The van der Waals surface area contributed by atoms with Crippen LogP contribution in [0.5, 0.6) is 0 Å². The molecule has 2 aromatic carbocycles. The van der Waals surface area contributed by atoms with Crippen molar-refractivity contribution in [1.29, 1.82) is 0 Å². The Morgan fingerprint density at radius 1 is 0.894 bits per heavy atom. The number of nitrogens with zero attached hydrogens (tertiary/aromatic N) is 2. The van der Waals surface area contributed by atoms with E-state index in [1.165, 1.54) is 24.3 Å². The molecule has 1 aliphatic carbocycles. The van der Waals surface area contributed by atoms with Gasteiger partial charge in [-0.05, 0) is 54.2 Å². The molecule has 12 heteroatoms. The molecule has 242 valence electrons. The number of hydrogen-bond acceptors (Lipinski definition) is 7. The molecule has 11 nitrogen and oxygen atoms in total. The molecule has 2 unspecified atom stereocenters. The van der Waals surface area contributed by atoms with Crippen LogP contribution in [-0.4, -0.2) is 38.8 Å². The van der Waals surface area contributed by atoms with Gasteiger partial charge in [0.1, 0.15) is 0 Å². The second kappa shape index (κ2) is 13.9. The van der Waals surface area contributed by atoms with E-state index in [0.29, 0.717) is 29.7 Å². The minimum atomic E-state index is -3.19. The van der Waals surface area contributed by atoms with Gasteiger partial charge in [0.25, 0.3) is 17.5 Å². The van der Waals surface area contributed by atoms with E-state index in [1.807, 2.05) is 18.2 Å². The number of pyridine rings is 2. The van der Waals surface area contributed by atoms with Gasteiger partial charge < -0.3 is 16.0 Å². The number of nitrogens with one attached hydrogen (secondary N) is 4. The lowest BCUT2D eigenvalue weighted by atomic mass is 9.84. The van der Waals surface area contributed by atoms with Crippen molar-refractivity contribution in [2.75, 3.05) is 10.6 Å². The Morgan fingerprint density at radius 3 is 2.38 bits per heavy atom. The van der Waals surface area contributed by atoms with Crippen molar-refractivity contribution in [3.8, 4) is 0 Å². The summed E-state index contributed by atoms with van der Waals surface area (Å²) >= 11 is 0. The lowest BCUT2D eigenvalue weighted by molar-refractivity contribution is -0.144. The van der Waals surface area contributed by atoms with Crippen LogP contribution in [0, 0.1) is 5.41 Å². The molecule has 47 heavy (non-hydrogen) atoms. The highest BCUT2D eigenvalue weighted by Crippen LogP contribution is 2.34. The Balaban J connectivity index is 1.39. The van der Waals surface area contributed by atoms with Gasteiger partial charge in [-0.1, -0.05) is 62.4 Å². The van der Waals surface area contributed by atoms with E-state index in [4.69, 9.17) is 5.21 Å². The number of fused-ring (bicyclic) bond motifs is 2. The normalized spacial score (nSPS) is 15.2. The fourth-order valence-corrected chi connectivity index (χ4v) is 5.49. The number of para-hydroxylation sites is 1. The summed E-state index contributed by atoms with van der Waals surface area (Å²) in [7, 11) is 0. The first-order valence-corrected chi connectivity index (χ1v) is 15.1. The third kappa shape index (κ3) is 7.50. The van der Waals surface area contributed by atoms with E-state index in [9.17, 15) is 19.2 Å². The monoisotopic (exact) mass is 638 g/mol. The van der Waals surface area contributed by atoms with Crippen molar-refractivity contribution in [2.24, 2.45) is 5.41 Å². The first-order chi connectivity index (χ1) is 22.5. The summed E-state index contributed by atoms with van der Waals surface area (Å²) in [5.74, 6) is -3.29. The topological polar surface area (TPSA) is 162 Å². The zero-order valence-electron chi connectivity index (χ0n) is 25.9. The number of benzene rings is 2. The zero-order chi connectivity index (χ0) is 33.6. The van der Waals surface area contributed by atoms with Crippen LogP contribution in [0.3, 0.4) is 0 Å². The van der Waals surface area contributed by atoms with Crippen LogP contribution in [0.4, 0.5) is 15.8 Å². The fourth-order valence-electron chi connectivity index (χ4n) is 5.49. The van der Waals surface area contributed by atoms with Crippen molar-refractivity contribution >= 4 is 52.0 Å². The zero-order valence-corrected chi connectivity index (χ0v) is 25.9. The minimum Gasteiger partial charge on any atom is -0.344 e. The molecule has 0 saturated heterocycles. The van der Waals surface area contributed by atoms with E-state index in [2.05, 4.69) is 25.9 Å². The molecule has 4 amide bonds. The van der Waals surface area contributed by atoms with Crippen molar-refractivity contribution in [1.82, 2.24) is 20.8 Å². The molecule has 4 aromatic rings. The molecule has 2 heterocycles. The summed E-state index contributed by atoms with van der Waals surface area (Å²) in [6.45, 7) is 3.60. The first-order valence-electron chi connectivity index (χ1n) is 15.1. The Kier molecular flexibility index (Phi) is 9.71. The van der Waals surface area contributed by atoms with Crippen molar-refractivity contribution in [3.63, 3.8) is 0 Å². The lowest BCUT2D eigenvalue weighted by Crippen LogP contribution is -2.50. The van der Waals surface area contributed by atoms with Crippen LogP contribution in [0.15, 0.2) is 85.2 Å². The number of halogens is 1. The number of carbonyl (C=O) groups excluding carboxylic acids is 4. The second-order valence-electron chi connectivity index (χ2n) is 12.1. The molecule has 1 aliphatic rings. The molecule has 5 rings (SSSR count). The van der Waals surface area contributed by atoms with Crippen LogP contribution in [-0.2, 0) is 24.8 Å². The van der Waals surface area contributed by atoms with Gasteiger partial charge in [-0.2, -0.15) is 0 Å². The third-order valence-electron chi connectivity index (χ3n) is 8.04. The predicted molar refractivity (Wildman–Crippen MR) is 175 cm³/mol. The molecule has 0 fully saturated rings. The first kappa shape index (κ1) is 32.9. The van der Waals surface area contributed by atoms with Crippen LogP contribution in [0.25, 0.3) is 17.0 Å². The molecule has 0 saturated carbocycles. The van der Waals surface area contributed by atoms with Gasteiger partial charge in [-0.25, -0.2) is 9.87 Å². The summed E-state index contributed by atoms with van der Waals surface area (Å²) in [6.07, 6.45) is 7.67. The maximum absolute atomic E-state index is 17.3. The van der Waals surface area contributed by atoms with Crippen LogP contribution in [0.2, 0.25) is 0 Å². The minimum absolute atomic E-state index is 0.0296. The Hall–Kier alpha value is -5.49. The van der Waals surface area contributed by atoms with Crippen molar-refractivity contribution < 1.29 is 28.8 Å². The Bertz CT molecular complexity index is 1840. The van der Waals surface area contributed by atoms with E-state index in [1.54, 1.807) is 68.1 Å². The Morgan fingerprint density at radius 2 is 1.62 bits per heavy atom. The smallest absolute Gasteiger partial charge is 0.290 e. The number of hydrogen-bond donors (Lipinski definition) is 5. The van der Waals surface area contributed by atoms with Crippen molar-refractivity contribution in [2.45, 2.75) is 51.2 Å². The number of anilines is 2. The molecule has 0 aliphatic heterocycles. The number of carbonyl (C=O) groups is 4. The number of alkyl halides is 1. The maximum Gasteiger partial charge on any atom is 0.290 e.